The maximum absolute atomic E-state index is 12.2. The lowest BCUT2D eigenvalue weighted by Gasteiger charge is -2.35. The molecule has 0 spiro atoms. The molecule has 1 fully saturated rings. The molecule has 118 valence electrons. The highest BCUT2D eigenvalue weighted by molar-refractivity contribution is 5.76. The Balaban J connectivity index is 2.25. The maximum Gasteiger partial charge on any atom is 0.222 e. The smallest absolute Gasteiger partial charge is 0.222 e. The van der Waals surface area contributed by atoms with Crippen molar-refractivity contribution in [1.29, 1.82) is 0 Å². The number of likely N-dealkylation sites (tertiary alicyclic amines) is 1. The Morgan fingerprint density at radius 1 is 1.00 bits per heavy atom. The van der Waals surface area contributed by atoms with Gasteiger partial charge in [-0.15, -0.1) is 0 Å². The lowest BCUT2D eigenvalue weighted by atomic mass is 9.80. The predicted molar refractivity (Wildman–Crippen MR) is 86.7 cm³/mol. The first-order chi connectivity index (χ1) is 9.07. The standard InChI is InChI=1S/C18H35NO/c1-17(2,3)11-7-8-16(20)19-12-9-15(10-13-19)14-18(4,5)6/h15H,7-14H2,1-6H3. The van der Waals surface area contributed by atoms with Gasteiger partial charge in [0.25, 0.3) is 0 Å². The van der Waals surface area contributed by atoms with E-state index in [4.69, 9.17) is 0 Å². The van der Waals surface area contributed by atoms with E-state index in [1.54, 1.807) is 0 Å². The Labute approximate surface area is 126 Å². The minimum atomic E-state index is 0.347. The summed E-state index contributed by atoms with van der Waals surface area (Å²) in [6, 6.07) is 0. The lowest BCUT2D eigenvalue weighted by molar-refractivity contribution is -0.132. The molecule has 20 heavy (non-hydrogen) atoms. The van der Waals surface area contributed by atoms with Crippen LogP contribution in [0.25, 0.3) is 0 Å². The molecule has 1 rings (SSSR count). The van der Waals surface area contributed by atoms with Crippen molar-refractivity contribution in [3.8, 4) is 0 Å². The fourth-order valence-electron chi connectivity index (χ4n) is 3.18. The third-order valence-electron chi connectivity index (χ3n) is 4.19. The van der Waals surface area contributed by atoms with Crippen LogP contribution in [0.4, 0.5) is 0 Å². The molecule has 0 aromatic heterocycles. The summed E-state index contributed by atoms with van der Waals surface area (Å²) in [4.78, 5) is 14.3. The summed E-state index contributed by atoms with van der Waals surface area (Å²) in [5.74, 6) is 1.19. The molecule has 0 atom stereocenters. The van der Waals surface area contributed by atoms with Crippen molar-refractivity contribution < 1.29 is 4.79 Å². The number of amides is 1. The number of rotatable bonds is 4. The molecule has 2 nitrogen and oxygen atoms in total. The van der Waals surface area contributed by atoms with Crippen LogP contribution in [0.5, 0.6) is 0 Å². The molecule has 1 saturated heterocycles. The zero-order valence-corrected chi connectivity index (χ0v) is 14.6. The molecule has 1 heterocycles. The van der Waals surface area contributed by atoms with Gasteiger partial charge in [-0.3, -0.25) is 4.79 Å². The van der Waals surface area contributed by atoms with Crippen LogP contribution in [0, 0.1) is 16.7 Å². The van der Waals surface area contributed by atoms with Crippen LogP contribution in [-0.2, 0) is 4.79 Å². The van der Waals surface area contributed by atoms with Gasteiger partial charge in [0.15, 0.2) is 0 Å². The highest BCUT2D eigenvalue weighted by Crippen LogP contribution is 2.31. The number of hydrogen-bond acceptors (Lipinski definition) is 1. The third-order valence-corrected chi connectivity index (χ3v) is 4.19. The van der Waals surface area contributed by atoms with Crippen molar-refractivity contribution in [3.05, 3.63) is 0 Å². The second kappa shape index (κ2) is 6.95. The average Bonchev–Trinajstić information content (AvgIpc) is 2.25. The maximum atomic E-state index is 12.2. The van der Waals surface area contributed by atoms with E-state index in [9.17, 15) is 4.79 Å². The Hall–Kier alpha value is -0.530. The van der Waals surface area contributed by atoms with E-state index in [2.05, 4.69) is 46.4 Å². The second-order valence-electron chi connectivity index (χ2n) is 9.00. The van der Waals surface area contributed by atoms with Crippen LogP contribution < -0.4 is 0 Å². The quantitative estimate of drug-likeness (QED) is 0.719. The molecular formula is C18H35NO. The summed E-state index contributed by atoms with van der Waals surface area (Å²) >= 11 is 0. The monoisotopic (exact) mass is 281 g/mol. The normalized spacial score (nSPS) is 18.4. The van der Waals surface area contributed by atoms with Gasteiger partial charge in [-0.1, -0.05) is 41.5 Å². The van der Waals surface area contributed by atoms with E-state index in [1.165, 1.54) is 19.3 Å². The molecule has 0 aromatic carbocycles. The summed E-state index contributed by atoms with van der Waals surface area (Å²) in [5.41, 5.74) is 0.767. The molecule has 0 bridgehead atoms. The molecule has 1 amide bonds. The SMILES string of the molecule is CC(C)(C)CCCC(=O)N1CCC(CC(C)(C)C)CC1. The first-order valence-corrected chi connectivity index (χ1v) is 8.35. The van der Waals surface area contributed by atoms with Crippen molar-refractivity contribution in [2.75, 3.05) is 13.1 Å². The number of carbonyl (C=O) groups excluding carboxylic acids is 1. The number of nitrogens with zero attached hydrogens (tertiary/aromatic N) is 1. The van der Waals surface area contributed by atoms with E-state index in [1.807, 2.05) is 0 Å². The second-order valence-corrected chi connectivity index (χ2v) is 9.00. The van der Waals surface area contributed by atoms with E-state index >= 15 is 0 Å². The van der Waals surface area contributed by atoms with Crippen molar-refractivity contribution in [3.63, 3.8) is 0 Å². The average molecular weight is 281 g/mol. The van der Waals surface area contributed by atoms with Gasteiger partial charge >= 0.3 is 0 Å². The summed E-state index contributed by atoms with van der Waals surface area (Å²) < 4.78 is 0. The van der Waals surface area contributed by atoms with E-state index in [-0.39, 0.29) is 0 Å². The van der Waals surface area contributed by atoms with Crippen LogP contribution in [0.1, 0.15) is 80.1 Å². The van der Waals surface area contributed by atoms with E-state index < -0.39 is 0 Å². The van der Waals surface area contributed by atoms with Crippen molar-refractivity contribution in [2.45, 2.75) is 80.1 Å². The van der Waals surface area contributed by atoms with Crippen LogP contribution in [0.2, 0.25) is 0 Å². The summed E-state index contributed by atoms with van der Waals surface area (Å²) in [7, 11) is 0. The highest BCUT2D eigenvalue weighted by atomic mass is 16.2. The zero-order valence-electron chi connectivity index (χ0n) is 14.6. The topological polar surface area (TPSA) is 20.3 Å². The van der Waals surface area contributed by atoms with Crippen LogP contribution in [0.15, 0.2) is 0 Å². The van der Waals surface area contributed by atoms with Gasteiger partial charge in [-0.2, -0.15) is 0 Å². The van der Waals surface area contributed by atoms with Gasteiger partial charge in [0, 0.05) is 19.5 Å². The minimum absolute atomic E-state index is 0.347. The van der Waals surface area contributed by atoms with Gasteiger partial charge in [-0.25, -0.2) is 0 Å². The van der Waals surface area contributed by atoms with E-state index in [0.717, 1.165) is 38.3 Å². The third kappa shape index (κ3) is 7.31. The predicted octanol–water partition coefficient (Wildman–Crippen LogP) is 4.88. The fourth-order valence-corrected chi connectivity index (χ4v) is 3.18. The molecule has 0 aromatic rings. The van der Waals surface area contributed by atoms with Crippen molar-refractivity contribution in [1.82, 2.24) is 4.90 Å². The first-order valence-electron chi connectivity index (χ1n) is 8.35. The number of hydrogen-bond donors (Lipinski definition) is 0. The van der Waals surface area contributed by atoms with Gasteiger partial charge < -0.3 is 4.90 Å². The molecule has 1 aliphatic rings. The van der Waals surface area contributed by atoms with Gasteiger partial charge in [0.1, 0.15) is 0 Å². The summed E-state index contributed by atoms with van der Waals surface area (Å²) in [6.07, 6.45) is 6.59. The molecule has 0 saturated carbocycles. The summed E-state index contributed by atoms with van der Waals surface area (Å²) in [5, 5.41) is 0. The van der Waals surface area contributed by atoms with Crippen molar-refractivity contribution in [2.24, 2.45) is 16.7 Å². The molecule has 0 unspecified atom stereocenters. The minimum Gasteiger partial charge on any atom is -0.343 e. The Kier molecular flexibility index (Phi) is 6.09. The number of carbonyl (C=O) groups is 1. The van der Waals surface area contributed by atoms with Crippen LogP contribution in [0.3, 0.4) is 0 Å². The zero-order chi connectivity index (χ0) is 15.4. The lowest BCUT2D eigenvalue weighted by Crippen LogP contribution is -2.39. The Morgan fingerprint density at radius 2 is 1.55 bits per heavy atom. The Bertz CT molecular complexity index is 300. The van der Waals surface area contributed by atoms with Gasteiger partial charge in [0.05, 0.1) is 0 Å². The van der Waals surface area contributed by atoms with E-state index in [0.29, 0.717) is 16.7 Å². The molecule has 0 radical (unpaired) electrons. The number of piperidine rings is 1. The molecule has 0 N–H and O–H groups in total. The first kappa shape index (κ1) is 17.5. The molecular weight excluding hydrogens is 246 g/mol. The summed E-state index contributed by atoms with van der Waals surface area (Å²) in [6.45, 7) is 15.6. The van der Waals surface area contributed by atoms with Crippen LogP contribution in [-0.4, -0.2) is 23.9 Å². The highest BCUT2D eigenvalue weighted by Gasteiger charge is 2.26. The van der Waals surface area contributed by atoms with Crippen molar-refractivity contribution >= 4 is 5.91 Å². The van der Waals surface area contributed by atoms with Gasteiger partial charge in [-0.05, 0) is 48.9 Å². The van der Waals surface area contributed by atoms with Crippen LogP contribution >= 0.6 is 0 Å². The largest absolute Gasteiger partial charge is 0.343 e. The molecule has 0 aliphatic carbocycles. The fraction of sp³-hybridized carbons (Fsp3) is 0.944. The molecule has 2 heteroatoms. The Morgan fingerprint density at radius 3 is 2.00 bits per heavy atom. The molecule has 1 aliphatic heterocycles. The van der Waals surface area contributed by atoms with Gasteiger partial charge in [0.2, 0.25) is 5.91 Å².